The fraction of sp³-hybridized carbons (Fsp3) is 0.233. The van der Waals surface area contributed by atoms with E-state index in [9.17, 15) is 9.59 Å². The van der Waals surface area contributed by atoms with E-state index in [1.54, 1.807) is 23.1 Å². The van der Waals surface area contributed by atoms with Crippen molar-refractivity contribution >= 4 is 28.3 Å². The molecule has 1 N–H and O–H groups in total. The quantitative estimate of drug-likeness (QED) is 0.323. The Morgan fingerprint density at radius 1 is 0.974 bits per heavy atom. The fourth-order valence-electron chi connectivity index (χ4n) is 4.27. The Morgan fingerprint density at radius 2 is 1.69 bits per heavy atom. The number of anilines is 1. The first-order valence-electron chi connectivity index (χ1n) is 12.7. The van der Waals surface area contributed by atoms with E-state index in [4.69, 9.17) is 19.2 Å². The first kappa shape index (κ1) is 26.4. The van der Waals surface area contributed by atoms with E-state index in [0.29, 0.717) is 54.9 Å². The highest BCUT2D eigenvalue weighted by Crippen LogP contribution is 2.34. The third kappa shape index (κ3) is 6.63. The Hall–Kier alpha value is -4.21. The van der Waals surface area contributed by atoms with Crippen molar-refractivity contribution in [3.63, 3.8) is 0 Å². The molecule has 1 fully saturated rings. The molecule has 0 atom stereocenters. The minimum absolute atomic E-state index is 0.118. The van der Waals surface area contributed by atoms with Crippen molar-refractivity contribution in [1.29, 1.82) is 0 Å². The number of carbonyl (C=O) groups excluding carboxylic acids is 2. The third-order valence-electron chi connectivity index (χ3n) is 6.31. The predicted octanol–water partition coefficient (Wildman–Crippen LogP) is 4.90. The zero-order valence-corrected chi connectivity index (χ0v) is 22.4. The number of hydrogen-bond acceptors (Lipinski definition) is 7. The highest BCUT2D eigenvalue weighted by Gasteiger charge is 2.20. The smallest absolute Gasteiger partial charge is 0.260 e. The first-order chi connectivity index (χ1) is 19.1. The molecule has 200 valence electrons. The van der Waals surface area contributed by atoms with Crippen LogP contribution in [0.5, 0.6) is 11.5 Å². The average molecular weight is 544 g/mol. The molecule has 39 heavy (non-hydrogen) atoms. The van der Waals surface area contributed by atoms with Crippen LogP contribution in [0.3, 0.4) is 0 Å². The SMILES string of the molecule is COc1cc(C(=O)Nc2nc(-c3ccccc3)c(Cc3ccccc3)s2)ccc1OCC(=O)N1CCOCC1. The second kappa shape index (κ2) is 12.6. The monoisotopic (exact) mass is 543 g/mol. The van der Waals surface area contributed by atoms with Gasteiger partial charge >= 0.3 is 0 Å². The molecule has 0 unspecified atom stereocenters. The molecule has 0 radical (unpaired) electrons. The molecule has 0 aliphatic carbocycles. The molecule has 1 aliphatic heterocycles. The maximum atomic E-state index is 13.2. The lowest BCUT2D eigenvalue weighted by molar-refractivity contribution is -0.137. The van der Waals surface area contributed by atoms with E-state index in [0.717, 1.165) is 16.1 Å². The largest absolute Gasteiger partial charge is 0.493 e. The Morgan fingerprint density at radius 3 is 2.41 bits per heavy atom. The number of nitrogens with one attached hydrogen (secondary N) is 1. The molecule has 9 heteroatoms. The van der Waals surface area contributed by atoms with Crippen LogP contribution in [-0.2, 0) is 16.0 Å². The molecule has 5 rings (SSSR count). The molecular weight excluding hydrogens is 514 g/mol. The number of aromatic nitrogens is 1. The fourth-order valence-corrected chi connectivity index (χ4v) is 5.28. The second-order valence-corrected chi connectivity index (χ2v) is 10.0. The van der Waals surface area contributed by atoms with Crippen molar-refractivity contribution < 1.29 is 23.8 Å². The van der Waals surface area contributed by atoms with Gasteiger partial charge in [-0.1, -0.05) is 60.7 Å². The Labute approximate surface area is 231 Å². The van der Waals surface area contributed by atoms with Crippen LogP contribution in [0.15, 0.2) is 78.9 Å². The molecule has 1 aliphatic rings. The van der Waals surface area contributed by atoms with Crippen LogP contribution in [0.2, 0.25) is 0 Å². The lowest BCUT2D eigenvalue weighted by Crippen LogP contribution is -2.43. The average Bonchev–Trinajstić information content (AvgIpc) is 3.38. The van der Waals surface area contributed by atoms with Gasteiger partial charge < -0.3 is 19.1 Å². The van der Waals surface area contributed by atoms with Crippen LogP contribution in [0.4, 0.5) is 5.13 Å². The van der Waals surface area contributed by atoms with E-state index < -0.39 is 0 Å². The minimum atomic E-state index is -0.316. The molecule has 8 nitrogen and oxygen atoms in total. The number of benzene rings is 3. The van der Waals surface area contributed by atoms with Crippen LogP contribution < -0.4 is 14.8 Å². The number of thiazole rings is 1. The van der Waals surface area contributed by atoms with E-state index in [2.05, 4.69) is 17.4 Å². The number of nitrogens with zero attached hydrogens (tertiary/aromatic N) is 2. The zero-order valence-electron chi connectivity index (χ0n) is 21.6. The van der Waals surface area contributed by atoms with E-state index in [-0.39, 0.29) is 18.4 Å². The predicted molar refractivity (Wildman–Crippen MR) is 151 cm³/mol. The maximum absolute atomic E-state index is 13.2. The number of carbonyl (C=O) groups is 2. The van der Waals surface area contributed by atoms with Gasteiger partial charge in [0.05, 0.1) is 26.0 Å². The van der Waals surface area contributed by atoms with Crippen LogP contribution >= 0.6 is 11.3 Å². The number of ether oxygens (including phenoxy) is 3. The number of hydrogen-bond donors (Lipinski definition) is 1. The summed E-state index contributed by atoms with van der Waals surface area (Å²) in [5.74, 6) is 0.322. The van der Waals surface area contributed by atoms with Crippen molar-refractivity contribution in [3.05, 3.63) is 94.9 Å². The summed E-state index contributed by atoms with van der Waals surface area (Å²) < 4.78 is 16.5. The van der Waals surface area contributed by atoms with Crippen LogP contribution in [0, 0.1) is 0 Å². The van der Waals surface area contributed by atoms with Gasteiger partial charge in [0, 0.05) is 35.5 Å². The van der Waals surface area contributed by atoms with Gasteiger partial charge in [-0.15, -0.1) is 11.3 Å². The van der Waals surface area contributed by atoms with Gasteiger partial charge in [0.15, 0.2) is 23.2 Å². The molecule has 4 aromatic rings. The highest BCUT2D eigenvalue weighted by molar-refractivity contribution is 7.16. The molecule has 0 bridgehead atoms. The summed E-state index contributed by atoms with van der Waals surface area (Å²) in [5, 5.41) is 3.45. The van der Waals surface area contributed by atoms with E-state index in [1.165, 1.54) is 24.0 Å². The van der Waals surface area contributed by atoms with Crippen molar-refractivity contribution in [2.45, 2.75) is 6.42 Å². The normalized spacial score (nSPS) is 13.1. The Bertz CT molecular complexity index is 1420. The van der Waals surface area contributed by atoms with Crippen molar-refractivity contribution in [2.24, 2.45) is 0 Å². The van der Waals surface area contributed by atoms with Crippen LogP contribution in [0.1, 0.15) is 20.8 Å². The summed E-state index contributed by atoms with van der Waals surface area (Å²) in [6.07, 6.45) is 0.710. The van der Waals surface area contributed by atoms with Crippen molar-refractivity contribution in [3.8, 4) is 22.8 Å². The Balaban J connectivity index is 1.30. The van der Waals surface area contributed by atoms with E-state index >= 15 is 0 Å². The van der Waals surface area contributed by atoms with Gasteiger partial charge in [-0.3, -0.25) is 14.9 Å². The molecule has 2 heterocycles. The Kier molecular flexibility index (Phi) is 8.50. The highest BCUT2D eigenvalue weighted by atomic mass is 32.1. The third-order valence-corrected chi connectivity index (χ3v) is 7.28. The van der Waals surface area contributed by atoms with Gasteiger partial charge in [-0.2, -0.15) is 0 Å². The zero-order chi connectivity index (χ0) is 27.0. The topological polar surface area (TPSA) is 90.0 Å². The van der Waals surface area contributed by atoms with Crippen molar-refractivity contribution in [2.75, 3.05) is 45.3 Å². The summed E-state index contributed by atoms with van der Waals surface area (Å²) in [7, 11) is 1.50. The molecular formula is C30H29N3O5S. The number of amides is 2. The summed E-state index contributed by atoms with van der Waals surface area (Å²) >= 11 is 1.46. The lowest BCUT2D eigenvalue weighted by Gasteiger charge is -2.26. The lowest BCUT2D eigenvalue weighted by atomic mass is 10.1. The van der Waals surface area contributed by atoms with Gasteiger partial charge in [0.2, 0.25) is 0 Å². The first-order valence-corrected chi connectivity index (χ1v) is 13.5. The molecule has 1 saturated heterocycles. The van der Waals surface area contributed by atoms with Crippen molar-refractivity contribution in [1.82, 2.24) is 9.88 Å². The molecule has 1 aromatic heterocycles. The van der Waals surface area contributed by atoms with Crippen LogP contribution in [-0.4, -0.2) is 61.7 Å². The molecule has 0 spiro atoms. The van der Waals surface area contributed by atoms with Gasteiger partial charge in [-0.25, -0.2) is 4.98 Å². The van der Waals surface area contributed by atoms with Gasteiger partial charge in [-0.05, 0) is 23.8 Å². The molecule has 2 amide bonds. The summed E-state index contributed by atoms with van der Waals surface area (Å²) in [5.41, 5.74) is 3.41. The summed E-state index contributed by atoms with van der Waals surface area (Å²) in [6, 6.07) is 25.0. The molecule has 3 aromatic carbocycles. The standard InChI is InChI=1S/C30H29N3O5S/c1-36-25-19-23(12-13-24(25)38-20-27(34)33-14-16-37-17-15-33)29(35)32-30-31-28(22-10-6-3-7-11-22)26(39-30)18-21-8-4-2-5-9-21/h2-13,19H,14-18,20H2,1H3,(H,31,32,35). The number of rotatable bonds is 9. The maximum Gasteiger partial charge on any atom is 0.260 e. The van der Waals surface area contributed by atoms with Crippen LogP contribution in [0.25, 0.3) is 11.3 Å². The second-order valence-electron chi connectivity index (χ2n) is 8.92. The number of methoxy groups -OCH3 is 1. The van der Waals surface area contributed by atoms with Gasteiger partial charge in [0.25, 0.3) is 11.8 Å². The molecule has 0 saturated carbocycles. The van der Waals surface area contributed by atoms with Gasteiger partial charge in [0.1, 0.15) is 0 Å². The number of morpholine rings is 1. The summed E-state index contributed by atoms with van der Waals surface area (Å²) in [4.78, 5) is 33.1. The minimum Gasteiger partial charge on any atom is -0.493 e. The summed E-state index contributed by atoms with van der Waals surface area (Å²) in [6.45, 7) is 2.03. The van der Waals surface area contributed by atoms with E-state index in [1.807, 2.05) is 48.5 Å².